The standard InChI is InChI=1S/C16H18F2N2O4/c1-2-24-15(22)8-4-7-13(16(19)23)20-14(21)9-10-11(17)5-3-6-12(10)18/h3-6,8,13H,2,7,9H2,1H3,(H2,19,23)(H,20,21)/b8-4+/t13-/m1/s1. The van der Waals surface area contributed by atoms with E-state index in [1.165, 1.54) is 12.1 Å². The maximum Gasteiger partial charge on any atom is 0.330 e. The summed E-state index contributed by atoms with van der Waals surface area (Å²) in [7, 11) is 0. The van der Waals surface area contributed by atoms with E-state index in [1.807, 2.05) is 0 Å². The summed E-state index contributed by atoms with van der Waals surface area (Å²) < 4.78 is 31.7. The van der Waals surface area contributed by atoms with Gasteiger partial charge in [-0.3, -0.25) is 9.59 Å². The molecule has 0 unspecified atom stereocenters. The Morgan fingerprint density at radius 3 is 2.46 bits per heavy atom. The van der Waals surface area contributed by atoms with Gasteiger partial charge in [0.2, 0.25) is 11.8 Å². The van der Waals surface area contributed by atoms with E-state index in [2.05, 4.69) is 10.1 Å². The first-order valence-corrected chi connectivity index (χ1v) is 7.20. The second kappa shape index (κ2) is 9.39. The predicted octanol–water partition coefficient (Wildman–Crippen LogP) is 0.987. The second-order valence-electron chi connectivity index (χ2n) is 4.79. The summed E-state index contributed by atoms with van der Waals surface area (Å²) in [6.45, 7) is 1.84. The minimum atomic E-state index is -1.11. The summed E-state index contributed by atoms with van der Waals surface area (Å²) in [5.41, 5.74) is 4.76. The van der Waals surface area contributed by atoms with Crippen molar-refractivity contribution in [3.05, 3.63) is 47.5 Å². The molecule has 3 N–H and O–H groups in total. The highest BCUT2D eigenvalue weighted by atomic mass is 19.1. The normalized spacial score (nSPS) is 12.0. The van der Waals surface area contributed by atoms with Crippen molar-refractivity contribution in [2.24, 2.45) is 5.73 Å². The van der Waals surface area contributed by atoms with Gasteiger partial charge in [-0.2, -0.15) is 0 Å². The van der Waals surface area contributed by atoms with Crippen molar-refractivity contribution in [1.29, 1.82) is 0 Å². The van der Waals surface area contributed by atoms with Crippen LogP contribution in [0, 0.1) is 11.6 Å². The summed E-state index contributed by atoms with van der Waals surface area (Å²) in [5, 5.41) is 2.27. The SMILES string of the molecule is CCOC(=O)/C=C/C[C@@H](NC(=O)Cc1c(F)cccc1F)C(N)=O. The second-order valence-corrected chi connectivity index (χ2v) is 4.79. The van der Waals surface area contributed by atoms with Crippen LogP contribution in [0.3, 0.4) is 0 Å². The zero-order valence-corrected chi connectivity index (χ0v) is 13.1. The lowest BCUT2D eigenvalue weighted by atomic mass is 10.1. The van der Waals surface area contributed by atoms with E-state index < -0.39 is 47.4 Å². The Hall–Kier alpha value is -2.77. The van der Waals surface area contributed by atoms with Crippen molar-refractivity contribution in [2.75, 3.05) is 6.61 Å². The van der Waals surface area contributed by atoms with Crippen molar-refractivity contribution in [3.8, 4) is 0 Å². The van der Waals surface area contributed by atoms with Crippen LogP contribution in [0.5, 0.6) is 0 Å². The van der Waals surface area contributed by atoms with E-state index in [0.717, 1.165) is 18.2 Å². The first kappa shape index (κ1) is 19.3. The van der Waals surface area contributed by atoms with Gasteiger partial charge in [0.25, 0.3) is 0 Å². The fourth-order valence-electron chi connectivity index (χ4n) is 1.84. The van der Waals surface area contributed by atoms with Crippen molar-refractivity contribution >= 4 is 17.8 Å². The molecular formula is C16H18F2N2O4. The molecular weight excluding hydrogens is 322 g/mol. The average Bonchev–Trinajstić information content (AvgIpc) is 2.50. The van der Waals surface area contributed by atoms with Crippen LogP contribution in [0.15, 0.2) is 30.4 Å². The molecule has 0 heterocycles. The molecule has 130 valence electrons. The molecule has 0 spiro atoms. The summed E-state index contributed by atoms with van der Waals surface area (Å²) in [4.78, 5) is 34.3. The first-order chi connectivity index (χ1) is 11.3. The number of ether oxygens (including phenoxy) is 1. The quantitative estimate of drug-likeness (QED) is 0.544. The van der Waals surface area contributed by atoms with E-state index >= 15 is 0 Å². The Morgan fingerprint density at radius 2 is 1.92 bits per heavy atom. The Balaban J connectivity index is 2.66. The number of amides is 2. The maximum atomic E-state index is 13.5. The van der Waals surface area contributed by atoms with Gasteiger partial charge in [-0.25, -0.2) is 13.6 Å². The topological polar surface area (TPSA) is 98.5 Å². The molecule has 0 aliphatic rings. The smallest absolute Gasteiger partial charge is 0.330 e. The average molecular weight is 340 g/mol. The van der Waals surface area contributed by atoms with Crippen LogP contribution >= 0.6 is 0 Å². The molecule has 24 heavy (non-hydrogen) atoms. The van der Waals surface area contributed by atoms with Crippen molar-refractivity contribution in [2.45, 2.75) is 25.8 Å². The summed E-state index contributed by atoms with van der Waals surface area (Å²) in [5.74, 6) is -3.93. The minimum Gasteiger partial charge on any atom is -0.463 e. The first-order valence-electron chi connectivity index (χ1n) is 7.20. The molecule has 0 saturated heterocycles. The number of carbonyl (C=O) groups excluding carboxylic acids is 3. The molecule has 0 aliphatic heterocycles. The lowest BCUT2D eigenvalue weighted by Crippen LogP contribution is -2.44. The Kier molecular flexibility index (Phi) is 7.54. The molecule has 8 heteroatoms. The van der Waals surface area contributed by atoms with Gasteiger partial charge in [0.05, 0.1) is 13.0 Å². The van der Waals surface area contributed by atoms with Crippen LogP contribution in [0.4, 0.5) is 8.78 Å². The molecule has 1 rings (SSSR count). The molecule has 0 fully saturated rings. The molecule has 2 amide bonds. The van der Waals surface area contributed by atoms with Crippen molar-refractivity contribution in [1.82, 2.24) is 5.32 Å². The van der Waals surface area contributed by atoms with Crippen LogP contribution in [0.1, 0.15) is 18.9 Å². The summed E-state index contributed by atoms with van der Waals surface area (Å²) >= 11 is 0. The third-order valence-electron chi connectivity index (χ3n) is 2.99. The largest absolute Gasteiger partial charge is 0.463 e. The number of rotatable bonds is 8. The van der Waals surface area contributed by atoms with E-state index in [9.17, 15) is 23.2 Å². The minimum absolute atomic E-state index is 0.0559. The fraction of sp³-hybridized carbons (Fsp3) is 0.312. The lowest BCUT2D eigenvalue weighted by molar-refractivity contribution is -0.137. The number of primary amides is 1. The molecule has 0 aromatic heterocycles. The summed E-state index contributed by atoms with van der Waals surface area (Å²) in [6, 6.07) is 2.12. The molecule has 0 bridgehead atoms. The van der Waals surface area contributed by atoms with Gasteiger partial charge in [-0.15, -0.1) is 0 Å². The number of hydrogen-bond acceptors (Lipinski definition) is 4. The fourth-order valence-corrected chi connectivity index (χ4v) is 1.84. The van der Waals surface area contributed by atoms with Crippen LogP contribution < -0.4 is 11.1 Å². The van der Waals surface area contributed by atoms with Gasteiger partial charge in [0, 0.05) is 11.6 Å². The highest BCUT2D eigenvalue weighted by Gasteiger charge is 2.19. The van der Waals surface area contributed by atoms with E-state index in [1.54, 1.807) is 6.92 Å². The molecule has 0 radical (unpaired) electrons. The predicted molar refractivity (Wildman–Crippen MR) is 81.6 cm³/mol. The Bertz CT molecular complexity index is 627. The zero-order chi connectivity index (χ0) is 18.1. The molecule has 1 aromatic rings. The maximum absolute atomic E-state index is 13.5. The highest BCUT2D eigenvalue weighted by Crippen LogP contribution is 2.12. The van der Waals surface area contributed by atoms with Gasteiger partial charge in [-0.1, -0.05) is 12.1 Å². The van der Waals surface area contributed by atoms with Gasteiger partial charge < -0.3 is 15.8 Å². The number of carbonyl (C=O) groups is 3. The van der Waals surface area contributed by atoms with Crippen LogP contribution in [0.25, 0.3) is 0 Å². The molecule has 6 nitrogen and oxygen atoms in total. The number of benzene rings is 1. The molecule has 1 aromatic carbocycles. The molecule has 0 saturated carbocycles. The molecule has 0 aliphatic carbocycles. The number of nitrogens with two attached hydrogens (primary N) is 1. The van der Waals surface area contributed by atoms with Crippen LogP contribution in [0.2, 0.25) is 0 Å². The zero-order valence-electron chi connectivity index (χ0n) is 13.1. The van der Waals surface area contributed by atoms with Gasteiger partial charge >= 0.3 is 5.97 Å². The Labute approximate surface area is 137 Å². The molecule has 1 atom stereocenters. The van der Waals surface area contributed by atoms with E-state index in [4.69, 9.17) is 5.73 Å². The number of halogens is 2. The van der Waals surface area contributed by atoms with Crippen molar-refractivity contribution in [3.63, 3.8) is 0 Å². The summed E-state index contributed by atoms with van der Waals surface area (Å²) in [6.07, 6.45) is 1.78. The van der Waals surface area contributed by atoms with Gasteiger partial charge in [-0.05, 0) is 25.5 Å². The number of nitrogens with one attached hydrogen (secondary N) is 1. The third-order valence-corrected chi connectivity index (χ3v) is 2.99. The van der Waals surface area contributed by atoms with E-state index in [0.29, 0.717) is 0 Å². The Morgan fingerprint density at radius 1 is 1.29 bits per heavy atom. The van der Waals surface area contributed by atoms with Crippen LogP contribution in [-0.2, 0) is 25.5 Å². The number of esters is 1. The third kappa shape index (κ3) is 6.15. The van der Waals surface area contributed by atoms with E-state index in [-0.39, 0.29) is 13.0 Å². The van der Waals surface area contributed by atoms with Crippen molar-refractivity contribution < 1.29 is 27.9 Å². The number of hydrogen-bond donors (Lipinski definition) is 2. The van der Waals surface area contributed by atoms with Gasteiger partial charge in [0.1, 0.15) is 17.7 Å². The monoisotopic (exact) mass is 340 g/mol. The lowest BCUT2D eigenvalue weighted by Gasteiger charge is -2.14. The van der Waals surface area contributed by atoms with Gasteiger partial charge in [0.15, 0.2) is 0 Å². The highest BCUT2D eigenvalue weighted by molar-refractivity contribution is 5.88. The van der Waals surface area contributed by atoms with Crippen LogP contribution in [-0.4, -0.2) is 30.4 Å².